The van der Waals surface area contributed by atoms with Gasteiger partial charge in [0.15, 0.2) is 0 Å². The molecule has 0 spiro atoms. The molecule has 2 amide bonds. The highest BCUT2D eigenvalue weighted by Gasteiger charge is 2.45. The van der Waals surface area contributed by atoms with Gasteiger partial charge in [-0.2, -0.15) is 0 Å². The van der Waals surface area contributed by atoms with Crippen LogP contribution < -0.4 is 5.32 Å². The molecule has 0 aromatic carbocycles. The zero-order chi connectivity index (χ0) is 14.0. The van der Waals surface area contributed by atoms with Gasteiger partial charge in [0.25, 0.3) is 0 Å². The largest absolute Gasteiger partial charge is 0.481 e. The molecule has 2 N–H and O–H groups in total. The van der Waals surface area contributed by atoms with Gasteiger partial charge in [0, 0.05) is 26.1 Å². The first-order chi connectivity index (χ1) is 8.98. The number of piperidine rings is 1. The Labute approximate surface area is 112 Å². The van der Waals surface area contributed by atoms with E-state index in [1.807, 2.05) is 6.92 Å². The molecule has 0 bridgehead atoms. The van der Waals surface area contributed by atoms with Gasteiger partial charge in [-0.05, 0) is 19.3 Å². The Morgan fingerprint density at radius 3 is 2.74 bits per heavy atom. The van der Waals surface area contributed by atoms with Gasteiger partial charge in [-0.3, -0.25) is 14.4 Å². The van der Waals surface area contributed by atoms with Gasteiger partial charge in [-0.1, -0.05) is 6.92 Å². The van der Waals surface area contributed by atoms with Crippen molar-refractivity contribution in [3.63, 3.8) is 0 Å². The van der Waals surface area contributed by atoms with Crippen LogP contribution in [0, 0.1) is 11.3 Å². The van der Waals surface area contributed by atoms with E-state index in [-0.39, 0.29) is 17.7 Å². The maximum Gasteiger partial charge on any atom is 0.311 e. The Balaban J connectivity index is 1.98. The summed E-state index contributed by atoms with van der Waals surface area (Å²) in [5, 5.41) is 12.0. The lowest BCUT2D eigenvalue weighted by molar-refractivity contribution is -0.149. The minimum atomic E-state index is -0.817. The van der Waals surface area contributed by atoms with Crippen LogP contribution in [0.4, 0.5) is 0 Å². The number of aliphatic carboxylic acids is 1. The molecule has 0 saturated carbocycles. The van der Waals surface area contributed by atoms with Gasteiger partial charge in [-0.25, -0.2) is 0 Å². The number of hydrogen-bond donors (Lipinski definition) is 2. The molecule has 2 fully saturated rings. The third kappa shape index (κ3) is 2.57. The van der Waals surface area contributed by atoms with E-state index in [0.29, 0.717) is 45.3 Å². The molecule has 6 heteroatoms. The summed E-state index contributed by atoms with van der Waals surface area (Å²) >= 11 is 0. The molecule has 0 aromatic rings. The van der Waals surface area contributed by atoms with Crippen LogP contribution in [0.3, 0.4) is 0 Å². The minimum absolute atomic E-state index is 0.0149. The standard InChI is InChI=1S/C13H20N2O4/c1-2-13(12(18)19)5-6-15(8-13)11(17)9-3-4-10(16)14-7-9/h9H,2-8H2,1H3,(H,14,16)(H,18,19). The van der Waals surface area contributed by atoms with Gasteiger partial charge in [0.1, 0.15) is 0 Å². The average molecular weight is 268 g/mol. The number of amides is 2. The molecular weight excluding hydrogens is 248 g/mol. The van der Waals surface area contributed by atoms with Crippen molar-refractivity contribution in [1.29, 1.82) is 0 Å². The van der Waals surface area contributed by atoms with E-state index in [9.17, 15) is 19.5 Å². The third-order valence-electron chi connectivity index (χ3n) is 4.41. The second-order valence-electron chi connectivity index (χ2n) is 5.49. The van der Waals surface area contributed by atoms with Gasteiger partial charge in [0.05, 0.1) is 11.3 Å². The Hall–Kier alpha value is -1.59. The molecule has 2 aliphatic heterocycles. The molecule has 2 saturated heterocycles. The summed E-state index contributed by atoms with van der Waals surface area (Å²) in [6, 6.07) is 0. The van der Waals surface area contributed by atoms with E-state index in [0.717, 1.165) is 0 Å². The molecular formula is C13H20N2O4. The van der Waals surface area contributed by atoms with Crippen LogP contribution >= 0.6 is 0 Å². The number of hydrogen-bond acceptors (Lipinski definition) is 3. The zero-order valence-corrected chi connectivity index (χ0v) is 11.1. The van der Waals surface area contributed by atoms with E-state index >= 15 is 0 Å². The normalized spacial score (nSPS) is 31.1. The number of carbonyl (C=O) groups excluding carboxylic acids is 2. The van der Waals surface area contributed by atoms with Gasteiger partial charge < -0.3 is 15.3 Å². The molecule has 106 valence electrons. The van der Waals surface area contributed by atoms with Crippen molar-refractivity contribution in [2.24, 2.45) is 11.3 Å². The SMILES string of the molecule is CCC1(C(=O)O)CCN(C(=O)C2CCC(=O)NC2)C1. The molecule has 0 aromatic heterocycles. The molecule has 6 nitrogen and oxygen atoms in total. The van der Waals surface area contributed by atoms with E-state index in [1.165, 1.54) is 0 Å². The van der Waals surface area contributed by atoms with Crippen molar-refractivity contribution in [2.75, 3.05) is 19.6 Å². The van der Waals surface area contributed by atoms with E-state index in [1.54, 1.807) is 4.90 Å². The van der Waals surface area contributed by atoms with Crippen molar-refractivity contribution in [1.82, 2.24) is 10.2 Å². The summed E-state index contributed by atoms with van der Waals surface area (Å²) in [6.07, 6.45) is 1.99. The Bertz CT molecular complexity index is 399. The summed E-state index contributed by atoms with van der Waals surface area (Å²) in [4.78, 5) is 36.4. The highest BCUT2D eigenvalue weighted by molar-refractivity contribution is 5.85. The first kappa shape index (κ1) is 13.8. The molecule has 2 aliphatic rings. The van der Waals surface area contributed by atoms with Gasteiger partial charge in [0.2, 0.25) is 11.8 Å². The van der Waals surface area contributed by atoms with E-state index in [2.05, 4.69) is 5.32 Å². The summed E-state index contributed by atoms with van der Waals surface area (Å²) in [5.74, 6) is -1.04. The molecule has 2 heterocycles. The quantitative estimate of drug-likeness (QED) is 0.767. The van der Waals surface area contributed by atoms with Crippen LogP contribution in [0.15, 0.2) is 0 Å². The second-order valence-corrected chi connectivity index (χ2v) is 5.49. The third-order valence-corrected chi connectivity index (χ3v) is 4.41. The van der Waals surface area contributed by atoms with Crippen LogP contribution in [0.2, 0.25) is 0 Å². The zero-order valence-electron chi connectivity index (χ0n) is 11.1. The number of carboxylic acids is 1. The van der Waals surface area contributed by atoms with Crippen LogP contribution in [-0.2, 0) is 14.4 Å². The number of nitrogens with zero attached hydrogens (tertiary/aromatic N) is 1. The highest BCUT2D eigenvalue weighted by atomic mass is 16.4. The smallest absolute Gasteiger partial charge is 0.311 e. The van der Waals surface area contributed by atoms with Crippen molar-refractivity contribution in [2.45, 2.75) is 32.6 Å². The molecule has 0 aliphatic carbocycles. The lowest BCUT2D eigenvalue weighted by Crippen LogP contribution is -2.45. The van der Waals surface area contributed by atoms with Crippen molar-refractivity contribution < 1.29 is 19.5 Å². The minimum Gasteiger partial charge on any atom is -0.481 e. The van der Waals surface area contributed by atoms with Crippen molar-refractivity contribution >= 4 is 17.8 Å². The fourth-order valence-corrected chi connectivity index (χ4v) is 2.88. The summed E-state index contributed by atoms with van der Waals surface area (Å²) in [7, 11) is 0. The maximum absolute atomic E-state index is 12.3. The summed E-state index contributed by atoms with van der Waals surface area (Å²) < 4.78 is 0. The van der Waals surface area contributed by atoms with Crippen molar-refractivity contribution in [3.8, 4) is 0 Å². The van der Waals surface area contributed by atoms with Crippen LogP contribution in [0.5, 0.6) is 0 Å². The predicted molar refractivity (Wildman–Crippen MR) is 67.3 cm³/mol. The number of carbonyl (C=O) groups is 3. The summed E-state index contributed by atoms with van der Waals surface area (Å²) in [5.41, 5.74) is -0.784. The van der Waals surface area contributed by atoms with Gasteiger partial charge >= 0.3 is 5.97 Å². The lowest BCUT2D eigenvalue weighted by atomic mass is 9.84. The average Bonchev–Trinajstić information content (AvgIpc) is 2.84. The van der Waals surface area contributed by atoms with E-state index in [4.69, 9.17) is 0 Å². The Morgan fingerprint density at radius 1 is 1.53 bits per heavy atom. The molecule has 19 heavy (non-hydrogen) atoms. The van der Waals surface area contributed by atoms with Crippen LogP contribution in [0.25, 0.3) is 0 Å². The predicted octanol–water partition coefficient (Wildman–Crippen LogP) is 0.226. The Kier molecular flexibility index (Phi) is 3.78. The molecule has 2 rings (SSSR count). The Morgan fingerprint density at radius 2 is 2.26 bits per heavy atom. The topological polar surface area (TPSA) is 86.7 Å². The van der Waals surface area contributed by atoms with Crippen LogP contribution in [0.1, 0.15) is 32.6 Å². The molecule has 2 unspecified atom stereocenters. The van der Waals surface area contributed by atoms with Crippen LogP contribution in [-0.4, -0.2) is 47.4 Å². The molecule has 0 radical (unpaired) electrons. The highest BCUT2D eigenvalue weighted by Crippen LogP contribution is 2.35. The summed E-state index contributed by atoms with van der Waals surface area (Å²) in [6.45, 7) is 3.02. The lowest BCUT2D eigenvalue weighted by Gasteiger charge is -2.28. The van der Waals surface area contributed by atoms with Gasteiger partial charge in [-0.15, -0.1) is 0 Å². The van der Waals surface area contributed by atoms with E-state index < -0.39 is 11.4 Å². The molecule has 2 atom stereocenters. The first-order valence-corrected chi connectivity index (χ1v) is 6.77. The second kappa shape index (κ2) is 5.19. The number of nitrogens with one attached hydrogen (secondary N) is 1. The maximum atomic E-state index is 12.3. The fourth-order valence-electron chi connectivity index (χ4n) is 2.88. The fraction of sp³-hybridized carbons (Fsp3) is 0.769. The number of likely N-dealkylation sites (tertiary alicyclic amines) is 1. The number of rotatable bonds is 3. The number of carboxylic acid groups (broad SMARTS) is 1. The first-order valence-electron chi connectivity index (χ1n) is 6.77. The monoisotopic (exact) mass is 268 g/mol. The van der Waals surface area contributed by atoms with Crippen molar-refractivity contribution in [3.05, 3.63) is 0 Å².